The molecule has 1 amide bonds. The van der Waals surface area contributed by atoms with Gasteiger partial charge in [0.05, 0.1) is 14.2 Å². The molecule has 5 nitrogen and oxygen atoms in total. The van der Waals surface area contributed by atoms with Crippen molar-refractivity contribution in [3.05, 3.63) is 17.7 Å². The van der Waals surface area contributed by atoms with E-state index in [0.717, 1.165) is 0 Å². The van der Waals surface area contributed by atoms with Crippen molar-refractivity contribution < 1.29 is 19.4 Å². The number of carbonyl (C=O) groups excluding carboxylic acids is 1. The minimum absolute atomic E-state index is 0.101. The third-order valence-electron chi connectivity index (χ3n) is 2.78. The van der Waals surface area contributed by atoms with Gasteiger partial charge < -0.3 is 19.5 Å². The molecule has 0 aliphatic rings. The van der Waals surface area contributed by atoms with Gasteiger partial charge in [0.2, 0.25) is 5.75 Å². The highest BCUT2D eigenvalue weighted by Crippen LogP contribution is 2.37. The second kappa shape index (κ2) is 6.14. The minimum atomic E-state index is -0.114. The number of nitrogens with zero attached hydrogens (tertiary/aromatic N) is 1. The van der Waals surface area contributed by atoms with Gasteiger partial charge in [0.25, 0.3) is 5.91 Å². The van der Waals surface area contributed by atoms with Crippen LogP contribution >= 0.6 is 0 Å². The van der Waals surface area contributed by atoms with Gasteiger partial charge in [-0.2, -0.15) is 0 Å². The lowest BCUT2D eigenvalue weighted by Crippen LogP contribution is -2.30. The Hall–Kier alpha value is -1.91. The Balaban J connectivity index is 3.21. The van der Waals surface area contributed by atoms with Crippen LogP contribution in [-0.2, 0) is 0 Å². The molecular weight excluding hydrogens is 234 g/mol. The molecule has 100 valence electrons. The number of methoxy groups -OCH3 is 2. The first kappa shape index (κ1) is 14.2. The van der Waals surface area contributed by atoms with Gasteiger partial charge >= 0.3 is 0 Å². The van der Waals surface area contributed by atoms with Crippen LogP contribution in [0.3, 0.4) is 0 Å². The summed E-state index contributed by atoms with van der Waals surface area (Å²) in [6, 6.07) is 3.02. The van der Waals surface area contributed by atoms with Gasteiger partial charge in [0.1, 0.15) is 0 Å². The number of ether oxygens (including phenoxy) is 2. The number of carbonyl (C=O) groups is 1. The highest BCUT2D eigenvalue weighted by Gasteiger charge is 2.18. The lowest BCUT2D eigenvalue weighted by molar-refractivity contribution is 0.0772. The topological polar surface area (TPSA) is 59.0 Å². The molecule has 1 rings (SSSR count). The normalized spacial score (nSPS) is 10.0. The Labute approximate surface area is 107 Å². The number of hydrogen-bond donors (Lipinski definition) is 1. The van der Waals surface area contributed by atoms with E-state index in [1.807, 2.05) is 13.8 Å². The standard InChI is InChI=1S/C13H19NO4/c1-5-14(6-2)13(16)9-7-10(17-3)12(15)11(8-9)18-4/h7-8,15H,5-6H2,1-4H3. The summed E-state index contributed by atoms with van der Waals surface area (Å²) in [5.74, 6) is 0.238. The zero-order chi connectivity index (χ0) is 13.7. The predicted octanol–water partition coefficient (Wildman–Crippen LogP) is 1.89. The highest BCUT2D eigenvalue weighted by molar-refractivity contribution is 5.95. The summed E-state index contributed by atoms with van der Waals surface area (Å²) >= 11 is 0. The van der Waals surface area contributed by atoms with E-state index in [-0.39, 0.29) is 23.2 Å². The van der Waals surface area contributed by atoms with Crippen molar-refractivity contribution in [3.8, 4) is 17.2 Å². The van der Waals surface area contributed by atoms with E-state index in [2.05, 4.69) is 0 Å². The van der Waals surface area contributed by atoms with Gasteiger partial charge in [-0.05, 0) is 26.0 Å². The summed E-state index contributed by atoms with van der Waals surface area (Å²) in [6.45, 7) is 5.08. The molecule has 0 saturated heterocycles. The SMILES string of the molecule is CCN(CC)C(=O)c1cc(OC)c(O)c(OC)c1. The van der Waals surface area contributed by atoms with E-state index >= 15 is 0 Å². The number of aromatic hydroxyl groups is 1. The lowest BCUT2D eigenvalue weighted by atomic mass is 10.1. The summed E-state index contributed by atoms with van der Waals surface area (Å²) in [5, 5.41) is 9.77. The number of phenols is 1. The molecule has 1 N–H and O–H groups in total. The lowest BCUT2D eigenvalue weighted by Gasteiger charge is -2.19. The largest absolute Gasteiger partial charge is 0.502 e. The van der Waals surface area contributed by atoms with Crippen LogP contribution in [0.25, 0.3) is 0 Å². The number of phenolic OH excluding ortho intramolecular Hbond substituents is 1. The smallest absolute Gasteiger partial charge is 0.254 e. The molecule has 0 heterocycles. The van der Waals surface area contributed by atoms with E-state index < -0.39 is 0 Å². The van der Waals surface area contributed by atoms with Gasteiger partial charge in [-0.15, -0.1) is 0 Å². The van der Waals surface area contributed by atoms with Crippen molar-refractivity contribution in [2.24, 2.45) is 0 Å². The molecule has 0 aromatic heterocycles. The number of rotatable bonds is 5. The maximum Gasteiger partial charge on any atom is 0.254 e. The zero-order valence-corrected chi connectivity index (χ0v) is 11.2. The second-order valence-electron chi connectivity index (χ2n) is 3.71. The quantitative estimate of drug-likeness (QED) is 0.870. The van der Waals surface area contributed by atoms with Crippen molar-refractivity contribution in [1.29, 1.82) is 0 Å². The monoisotopic (exact) mass is 253 g/mol. The fourth-order valence-electron chi connectivity index (χ4n) is 1.71. The average molecular weight is 253 g/mol. The number of benzene rings is 1. The predicted molar refractivity (Wildman–Crippen MR) is 68.5 cm³/mol. The summed E-state index contributed by atoms with van der Waals surface area (Å²) < 4.78 is 10.0. The molecule has 0 fully saturated rings. The molecule has 0 saturated carbocycles. The molecule has 0 radical (unpaired) electrons. The Morgan fingerprint density at radius 2 is 1.61 bits per heavy atom. The van der Waals surface area contributed by atoms with Crippen molar-refractivity contribution in [2.75, 3.05) is 27.3 Å². The van der Waals surface area contributed by atoms with Gasteiger partial charge in [-0.3, -0.25) is 4.79 Å². The fourth-order valence-corrected chi connectivity index (χ4v) is 1.71. The summed E-state index contributed by atoms with van der Waals surface area (Å²) in [6.07, 6.45) is 0. The molecule has 0 aliphatic carbocycles. The molecule has 0 bridgehead atoms. The Morgan fingerprint density at radius 1 is 1.17 bits per heavy atom. The van der Waals surface area contributed by atoms with Gasteiger partial charge in [-0.25, -0.2) is 0 Å². The third-order valence-corrected chi connectivity index (χ3v) is 2.78. The molecule has 5 heteroatoms. The molecule has 1 aromatic rings. The highest BCUT2D eigenvalue weighted by atomic mass is 16.5. The Bertz CT molecular complexity index is 402. The first-order valence-electron chi connectivity index (χ1n) is 5.83. The molecule has 1 aromatic carbocycles. The maximum absolute atomic E-state index is 12.2. The Kier molecular flexibility index (Phi) is 4.83. The van der Waals surface area contributed by atoms with Gasteiger partial charge in [0.15, 0.2) is 11.5 Å². The van der Waals surface area contributed by atoms with E-state index in [0.29, 0.717) is 18.7 Å². The molecule has 0 unspecified atom stereocenters. The third kappa shape index (κ3) is 2.67. The van der Waals surface area contributed by atoms with Crippen LogP contribution < -0.4 is 9.47 Å². The van der Waals surface area contributed by atoms with Gasteiger partial charge in [-0.1, -0.05) is 0 Å². The number of amides is 1. The van der Waals surface area contributed by atoms with Crippen molar-refractivity contribution >= 4 is 5.91 Å². The zero-order valence-electron chi connectivity index (χ0n) is 11.2. The van der Waals surface area contributed by atoms with Crippen LogP contribution in [0.1, 0.15) is 24.2 Å². The van der Waals surface area contributed by atoms with E-state index in [1.165, 1.54) is 26.4 Å². The summed E-state index contributed by atoms with van der Waals surface area (Å²) in [5.41, 5.74) is 0.435. The summed E-state index contributed by atoms with van der Waals surface area (Å²) in [7, 11) is 2.86. The first-order valence-corrected chi connectivity index (χ1v) is 5.83. The van der Waals surface area contributed by atoms with E-state index in [9.17, 15) is 9.90 Å². The van der Waals surface area contributed by atoms with Crippen molar-refractivity contribution in [1.82, 2.24) is 4.90 Å². The minimum Gasteiger partial charge on any atom is -0.502 e. The summed E-state index contributed by atoms with van der Waals surface area (Å²) in [4.78, 5) is 13.9. The van der Waals surface area contributed by atoms with Crippen LogP contribution in [0, 0.1) is 0 Å². The average Bonchev–Trinajstić information content (AvgIpc) is 2.40. The van der Waals surface area contributed by atoms with Crippen LogP contribution in [0.2, 0.25) is 0 Å². The molecule has 0 atom stereocenters. The van der Waals surface area contributed by atoms with Crippen molar-refractivity contribution in [2.45, 2.75) is 13.8 Å². The molecule has 18 heavy (non-hydrogen) atoms. The molecule has 0 spiro atoms. The van der Waals surface area contributed by atoms with E-state index in [1.54, 1.807) is 4.90 Å². The number of hydrogen-bond acceptors (Lipinski definition) is 4. The first-order chi connectivity index (χ1) is 8.58. The van der Waals surface area contributed by atoms with Crippen LogP contribution in [0.5, 0.6) is 17.2 Å². The van der Waals surface area contributed by atoms with Crippen LogP contribution in [0.4, 0.5) is 0 Å². The maximum atomic E-state index is 12.2. The second-order valence-corrected chi connectivity index (χ2v) is 3.71. The fraction of sp³-hybridized carbons (Fsp3) is 0.462. The van der Waals surface area contributed by atoms with Crippen LogP contribution in [-0.4, -0.2) is 43.2 Å². The Morgan fingerprint density at radius 3 is 1.94 bits per heavy atom. The van der Waals surface area contributed by atoms with Crippen LogP contribution in [0.15, 0.2) is 12.1 Å². The van der Waals surface area contributed by atoms with E-state index in [4.69, 9.17) is 9.47 Å². The molecule has 0 aliphatic heterocycles. The van der Waals surface area contributed by atoms with Gasteiger partial charge in [0, 0.05) is 18.7 Å². The molecular formula is C13H19NO4. The van der Waals surface area contributed by atoms with Crippen molar-refractivity contribution in [3.63, 3.8) is 0 Å².